The Hall–Kier alpha value is -6.87. The Morgan fingerprint density at radius 1 is 0.788 bits per heavy atom. The van der Waals surface area contributed by atoms with Gasteiger partial charge in [-0.15, -0.1) is 0 Å². The number of H-pyrrole nitrogens is 2. The Bertz CT molecular complexity index is 2930. The maximum absolute atomic E-state index is 16.8. The first-order valence-corrected chi connectivity index (χ1v) is 25.3. The number of aliphatic hydroxyl groups excluding tert-OH is 1. The molecule has 338 valence electrons. The number of nitrogens with one attached hydrogen (secondary N) is 4. The van der Waals surface area contributed by atoms with Crippen molar-refractivity contribution in [3.8, 4) is 0 Å². The summed E-state index contributed by atoms with van der Waals surface area (Å²) in [6.45, 7) is 5.20. The van der Waals surface area contributed by atoms with Gasteiger partial charge in [0.15, 0.2) is 5.60 Å². The molecule has 0 saturated carbocycles. The quantitative estimate of drug-likeness (QED) is 0.0511. The van der Waals surface area contributed by atoms with Gasteiger partial charge in [-0.05, 0) is 77.8 Å². The molecule has 0 unspecified atom stereocenters. The first-order valence-electron chi connectivity index (χ1n) is 22.4. The number of ether oxygens (including phenoxy) is 1. The van der Waals surface area contributed by atoms with E-state index in [0.717, 1.165) is 44.1 Å². The normalized spacial score (nSPS) is 19.1. The third-order valence-electron chi connectivity index (χ3n) is 13.2. The van der Waals surface area contributed by atoms with Crippen molar-refractivity contribution >= 4 is 70.9 Å². The van der Waals surface area contributed by atoms with Crippen molar-refractivity contribution in [2.45, 2.75) is 69.6 Å². The van der Waals surface area contributed by atoms with Gasteiger partial charge >= 0.3 is 0 Å². The lowest BCUT2D eigenvalue weighted by atomic mass is 9.82. The number of aliphatic hydroxyl groups is 1. The number of rotatable bonds is 15. The smallest absolute Gasteiger partial charge is 0.264 e. The second-order valence-electron chi connectivity index (χ2n) is 18.0. The molecule has 2 aliphatic heterocycles. The number of halogens is 1. The lowest BCUT2D eigenvalue weighted by Crippen LogP contribution is -2.45. The number of carbonyl (C=O) groups is 4. The molecule has 5 N–H and O–H groups in total. The Labute approximate surface area is 383 Å². The lowest BCUT2D eigenvalue weighted by molar-refractivity contribution is -0.150. The van der Waals surface area contributed by atoms with Crippen molar-refractivity contribution in [2.75, 3.05) is 28.7 Å². The number of fused-ring (bicyclic) bond motifs is 4. The maximum Gasteiger partial charge on any atom is 0.264 e. The summed E-state index contributed by atoms with van der Waals surface area (Å²) < 4.78 is 23.8. The molecule has 7 aromatic rings. The standard InChI is InChI=1S/C52H53FN6O6Si/c1-33-50(66(2,3)53)46(28-49(63)58(23-24-60)31-34-11-5-4-6-12-34)65-52(33)42-27-39(57-48(62)26-37-30-55-44-16-10-8-14-41(37)44)21-22-45(42)59(51(52)64)32-35-17-19-38(20-18-35)56-47(61)25-36-29-54-43-15-9-7-13-40(36)43/h4-22,27,29-30,33,46,50,54-55,60H,23-26,28,31-32H2,1-3H3,(H,56,61)(H,57,62)/t33-,46+,50-,52+/m1/s1. The van der Waals surface area contributed by atoms with E-state index in [1.807, 2.05) is 110 Å². The van der Waals surface area contributed by atoms with E-state index in [1.165, 1.54) is 0 Å². The number of aromatic amines is 2. The first kappa shape index (κ1) is 44.3. The predicted molar refractivity (Wildman–Crippen MR) is 257 cm³/mol. The average Bonchev–Trinajstić information content (AvgIpc) is 4.04. The second kappa shape index (κ2) is 18.2. The zero-order valence-corrected chi connectivity index (χ0v) is 38.1. The van der Waals surface area contributed by atoms with Gasteiger partial charge in [0.2, 0.25) is 26.1 Å². The van der Waals surface area contributed by atoms with Crippen LogP contribution >= 0.6 is 0 Å². The highest BCUT2D eigenvalue weighted by molar-refractivity contribution is 6.72. The Kier molecular flexibility index (Phi) is 12.2. The van der Waals surface area contributed by atoms with Gasteiger partial charge in [-0.1, -0.05) is 85.8 Å². The van der Waals surface area contributed by atoms with Crippen molar-refractivity contribution in [1.29, 1.82) is 0 Å². The zero-order valence-electron chi connectivity index (χ0n) is 37.1. The summed E-state index contributed by atoms with van der Waals surface area (Å²) >= 11 is 0. The van der Waals surface area contributed by atoms with Crippen LogP contribution in [0.4, 0.5) is 21.2 Å². The Morgan fingerprint density at radius 3 is 1.97 bits per heavy atom. The van der Waals surface area contributed by atoms with E-state index < -0.39 is 37.5 Å². The molecule has 4 heterocycles. The molecule has 1 saturated heterocycles. The molecule has 4 atom stereocenters. The van der Waals surface area contributed by atoms with Crippen LogP contribution in [0.1, 0.15) is 41.2 Å². The molecule has 12 nitrogen and oxygen atoms in total. The summed E-state index contributed by atoms with van der Waals surface area (Å²) in [6.07, 6.45) is 2.81. The van der Waals surface area contributed by atoms with Gasteiger partial charge in [-0.3, -0.25) is 19.2 Å². The van der Waals surface area contributed by atoms with Crippen LogP contribution in [0.15, 0.2) is 134 Å². The minimum Gasteiger partial charge on any atom is -0.395 e. The first-order chi connectivity index (χ1) is 31.8. The van der Waals surface area contributed by atoms with Crippen molar-refractivity contribution in [3.05, 3.63) is 162 Å². The van der Waals surface area contributed by atoms with E-state index in [-0.39, 0.29) is 63.2 Å². The van der Waals surface area contributed by atoms with Gasteiger partial charge in [0.1, 0.15) is 0 Å². The summed E-state index contributed by atoms with van der Waals surface area (Å²) in [5.41, 5.74) is 4.89. The van der Waals surface area contributed by atoms with Gasteiger partial charge < -0.3 is 44.4 Å². The van der Waals surface area contributed by atoms with Crippen LogP contribution in [0.2, 0.25) is 18.6 Å². The summed E-state index contributed by atoms with van der Waals surface area (Å²) in [6, 6.07) is 37.6. The second-order valence-corrected chi connectivity index (χ2v) is 21.8. The molecule has 0 aliphatic carbocycles. The van der Waals surface area contributed by atoms with Crippen LogP contribution < -0.4 is 15.5 Å². The third-order valence-corrected chi connectivity index (χ3v) is 15.6. The number of benzene rings is 5. The summed E-state index contributed by atoms with van der Waals surface area (Å²) in [5.74, 6) is -1.84. The summed E-state index contributed by atoms with van der Waals surface area (Å²) in [5, 5.41) is 17.9. The average molecular weight is 905 g/mol. The molecular formula is C52H53FN6O6Si. The number of hydrogen-bond donors (Lipinski definition) is 5. The highest BCUT2D eigenvalue weighted by atomic mass is 28.4. The van der Waals surface area contributed by atoms with Crippen LogP contribution in [0.3, 0.4) is 0 Å². The SMILES string of the molecule is C[C@@H]1[C@@H]([Si](C)(C)F)[C@H](CC(=O)N(CCO)Cc2ccccc2)O[C@@]12C(=O)N(Cc1ccc(NC(=O)Cc3c[nH]c4ccccc34)cc1)c1ccc(NC(=O)Cc3c[nH]c4ccccc34)cc12. The molecule has 14 heteroatoms. The van der Waals surface area contributed by atoms with Crippen LogP contribution in [-0.2, 0) is 55.4 Å². The topological polar surface area (TPSA) is 160 Å². The molecule has 1 fully saturated rings. The molecular weight excluding hydrogens is 852 g/mol. The van der Waals surface area contributed by atoms with Gasteiger partial charge in [0.25, 0.3) is 5.91 Å². The monoisotopic (exact) mass is 904 g/mol. The molecule has 66 heavy (non-hydrogen) atoms. The van der Waals surface area contributed by atoms with E-state index in [0.29, 0.717) is 22.6 Å². The highest BCUT2D eigenvalue weighted by Gasteiger charge is 2.67. The molecule has 1 spiro atoms. The number of aromatic nitrogens is 2. The fourth-order valence-corrected chi connectivity index (χ4v) is 12.7. The number of nitrogens with zero attached hydrogens (tertiary/aromatic N) is 2. The number of hydrogen-bond acceptors (Lipinski definition) is 6. The summed E-state index contributed by atoms with van der Waals surface area (Å²) in [7, 11) is -3.66. The van der Waals surface area contributed by atoms with Crippen LogP contribution in [0.5, 0.6) is 0 Å². The van der Waals surface area contributed by atoms with E-state index in [2.05, 4.69) is 20.6 Å². The maximum atomic E-state index is 16.8. The van der Waals surface area contributed by atoms with Crippen LogP contribution in [0.25, 0.3) is 21.8 Å². The van der Waals surface area contributed by atoms with Crippen molar-refractivity contribution in [1.82, 2.24) is 14.9 Å². The van der Waals surface area contributed by atoms with Crippen molar-refractivity contribution in [3.63, 3.8) is 0 Å². The molecule has 2 aliphatic rings. The molecule has 0 bridgehead atoms. The fourth-order valence-electron chi connectivity index (χ4n) is 10.2. The number of carbonyl (C=O) groups excluding carboxylic acids is 4. The van der Waals surface area contributed by atoms with E-state index in [1.54, 1.807) is 53.2 Å². The van der Waals surface area contributed by atoms with Gasteiger partial charge in [0, 0.05) is 75.7 Å². The largest absolute Gasteiger partial charge is 0.395 e. The number of amides is 4. The zero-order chi connectivity index (χ0) is 46.2. The van der Waals surface area contributed by atoms with Crippen molar-refractivity contribution < 1.29 is 33.1 Å². The Morgan fingerprint density at radius 2 is 1.36 bits per heavy atom. The van der Waals surface area contributed by atoms with Gasteiger partial charge in [-0.2, -0.15) is 0 Å². The van der Waals surface area contributed by atoms with Gasteiger partial charge in [0.05, 0.1) is 44.2 Å². The minimum atomic E-state index is -3.66. The van der Waals surface area contributed by atoms with E-state index in [4.69, 9.17) is 4.74 Å². The molecule has 2 aromatic heterocycles. The number of para-hydroxylation sites is 2. The fraction of sp³-hybridized carbons (Fsp3) is 0.269. The lowest BCUT2D eigenvalue weighted by Gasteiger charge is -2.31. The van der Waals surface area contributed by atoms with Crippen LogP contribution in [-0.4, -0.2) is 71.3 Å². The molecule has 5 aromatic carbocycles. The molecule has 0 radical (unpaired) electrons. The van der Waals surface area contributed by atoms with E-state index >= 15 is 8.90 Å². The van der Waals surface area contributed by atoms with E-state index in [9.17, 15) is 19.5 Å². The minimum absolute atomic E-state index is 0.0754. The van der Waals surface area contributed by atoms with Crippen LogP contribution in [0, 0.1) is 5.92 Å². The third kappa shape index (κ3) is 8.66. The highest BCUT2D eigenvalue weighted by Crippen LogP contribution is 2.60. The number of anilines is 3. The Balaban J connectivity index is 1.00. The van der Waals surface area contributed by atoms with Crippen molar-refractivity contribution in [2.24, 2.45) is 5.92 Å². The molecule has 9 rings (SSSR count). The van der Waals surface area contributed by atoms with Gasteiger partial charge in [-0.25, -0.2) is 0 Å². The predicted octanol–water partition coefficient (Wildman–Crippen LogP) is 8.74. The summed E-state index contributed by atoms with van der Waals surface area (Å²) in [4.78, 5) is 65.9. The molecule has 4 amide bonds.